The van der Waals surface area contributed by atoms with E-state index in [0.29, 0.717) is 27.8 Å². The number of fused-ring (bicyclic) bond motifs is 1. The monoisotopic (exact) mass is 418 g/mol. The Hall–Kier alpha value is -4.27. The Morgan fingerprint density at radius 2 is 1.90 bits per heavy atom. The first-order valence-electron chi connectivity index (χ1n) is 9.38. The van der Waals surface area contributed by atoms with Gasteiger partial charge >= 0.3 is 6.03 Å². The Balaban J connectivity index is 1.58. The summed E-state index contributed by atoms with van der Waals surface area (Å²) in [6, 6.07) is 10.2. The van der Waals surface area contributed by atoms with Crippen molar-refractivity contribution in [2.45, 2.75) is 6.92 Å². The minimum absolute atomic E-state index is 0.0657. The highest BCUT2D eigenvalue weighted by Gasteiger charge is 2.19. The van der Waals surface area contributed by atoms with Crippen molar-refractivity contribution in [2.75, 3.05) is 16.4 Å². The Labute approximate surface area is 176 Å². The van der Waals surface area contributed by atoms with Gasteiger partial charge in [0.05, 0.1) is 16.6 Å². The standard InChI is InChI=1S/C22H19FN6O2/c1-12-6-7-16(23)17(8-12)28-22(31)27-14-5-3-4-13(9-14)19(30)15-10-29(2)21-18(15)20(24)25-11-26-21/h3-11H,1-2H3,(H2,24,25,26)(H2,27,28,31). The van der Waals surface area contributed by atoms with Crippen molar-refractivity contribution in [3.63, 3.8) is 0 Å². The molecule has 156 valence electrons. The molecule has 2 heterocycles. The van der Waals surface area contributed by atoms with E-state index in [1.165, 1.54) is 24.5 Å². The molecule has 0 saturated heterocycles. The summed E-state index contributed by atoms with van der Waals surface area (Å²) in [7, 11) is 1.76. The zero-order valence-corrected chi connectivity index (χ0v) is 16.8. The molecule has 2 aromatic carbocycles. The summed E-state index contributed by atoms with van der Waals surface area (Å²) in [5, 5.41) is 5.56. The topological polar surface area (TPSA) is 115 Å². The number of ketones is 1. The van der Waals surface area contributed by atoms with Gasteiger partial charge in [0.1, 0.15) is 23.6 Å². The average Bonchev–Trinajstić information content (AvgIpc) is 3.08. The minimum atomic E-state index is -0.628. The summed E-state index contributed by atoms with van der Waals surface area (Å²) in [6.45, 7) is 1.79. The number of nitrogens with two attached hydrogens (primary N) is 1. The lowest BCUT2D eigenvalue weighted by atomic mass is 10.0. The number of aromatic nitrogens is 3. The first-order chi connectivity index (χ1) is 14.8. The maximum Gasteiger partial charge on any atom is 0.323 e. The second-order valence-corrected chi connectivity index (χ2v) is 7.08. The van der Waals surface area contributed by atoms with Gasteiger partial charge in [-0.3, -0.25) is 4.79 Å². The molecule has 0 atom stereocenters. The molecule has 0 saturated carbocycles. The number of rotatable bonds is 4. The summed E-state index contributed by atoms with van der Waals surface area (Å²) >= 11 is 0. The van der Waals surface area contributed by atoms with E-state index in [4.69, 9.17) is 5.73 Å². The largest absolute Gasteiger partial charge is 0.383 e. The minimum Gasteiger partial charge on any atom is -0.383 e. The zero-order valence-electron chi connectivity index (χ0n) is 16.8. The van der Waals surface area contributed by atoms with Crippen LogP contribution < -0.4 is 16.4 Å². The van der Waals surface area contributed by atoms with E-state index in [9.17, 15) is 14.0 Å². The Morgan fingerprint density at radius 1 is 1.10 bits per heavy atom. The molecule has 4 N–H and O–H groups in total. The highest BCUT2D eigenvalue weighted by atomic mass is 19.1. The fourth-order valence-corrected chi connectivity index (χ4v) is 3.32. The zero-order chi connectivity index (χ0) is 22.1. The van der Waals surface area contributed by atoms with Crippen LogP contribution in [-0.4, -0.2) is 26.3 Å². The SMILES string of the molecule is Cc1ccc(F)c(NC(=O)Nc2cccc(C(=O)c3cn(C)c4ncnc(N)c34)c2)c1. The van der Waals surface area contributed by atoms with E-state index in [-0.39, 0.29) is 17.3 Å². The second-order valence-electron chi connectivity index (χ2n) is 7.08. The van der Waals surface area contributed by atoms with E-state index in [0.717, 1.165) is 5.56 Å². The number of nitrogen functional groups attached to an aromatic ring is 1. The summed E-state index contributed by atoms with van der Waals surface area (Å²) in [5.74, 6) is -0.621. The number of urea groups is 1. The third kappa shape index (κ3) is 3.93. The first-order valence-corrected chi connectivity index (χ1v) is 9.38. The smallest absolute Gasteiger partial charge is 0.323 e. The van der Waals surface area contributed by atoms with E-state index in [2.05, 4.69) is 20.6 Å². The summed E-state index contributed by atoms with van der Waals surface area (Å²) < 4.78 is 15.6. The van der Waals surface area contributed by atoms with Gasteiger partial charge in [-0.1, -0.05) is 18.2 Å². The van der Waals surface area contributed by atoms with Gasteiger partial charge in [0.2, 0.25) is 0 Å². The van der Waals surface area contributed by atoms with Crippen molar-refractivity contribution in [3.8, 4) is 0 Å². The molecule has 8 nitrogen and oxygen atoms in total. The number of aryl methyl sites for hydroxylation is 2. The van der Waals surface area contributed by atoms with Crippen LogP contribution in [0.4, 0.5) is 26.4 Å². The molecule has 0 aliphatic heterocycles. The normalized spacial score (nSPS) is 10.8. The van der Waals surface area contributed by atoms with E-state index in [1.54, 1.807) is 49.0 Å². The predicted octanol–water partition coefficient (Wildman–Crippen LogP) is 3.87. The Morgan fingerprint density at radius 3 is 2.71 bits per heavy atom. The van der Waals surface area contributed by atoms with Crippen molar-refractivity contribution in [1.82, 2.24) is 14.5 Å². The van der Waals surface area contributed by atoms with Gasteiger partial charge in [0, 0.05) is 24.5 Å². The van der Waals surface area contributed by atoms with Gasteiger partial charge in [-0.25, -0.2) is 19.2 Å². The van der Waals surface area contributed by atoms with Crippen LogP contribution in [0.25, 0.3) is 11.0 Å². The number of hydrogen-bond donors (Lipinski definition) is 3. The number of anilines is 3. The molecule has 0 aliphatic rings. The van der Waals surface area contributed by atoms with Crippen molar-refractivity contribution >= 4 is 40.0 Å². The molecule has 31 heavy (non-hydrogen) atoms. The van der Waals surface area contributed by atoms with Crippen LogP contribution in [0.15, 0.2) is 55.0 Å². The third-order valence-electron chi connectivity index (χ3n) is 4.78. The molecule has 0 unspecified atom stereocenters. The van der Waals surface area contributed by atoms with Crippen LogP contribution >= 0.6 is 0 Å². The number of carbonyl (C=O) groups excluding carboxylic acids is 2. The molecule has 0 aliphatic carbocycles. The molecule has 9 heteroatoms. The highest BCUT2D eigenvalue weighted by Crippen LogP contribution is 2.26. The average molecular weight is 418 g/mol. The molecule has 4 rings (SSSR count). The summed E-state index contributed by atoms with van der Waals surface area (Å²) in [5.41, 5.74) is 8.46. The molecule has 0 bridgehead atoms. The second kappa shape index (κ2) is 7.86. The van der Waals surface area contributed by atoms with Crippen LogP contribution in [0.3, 0.4) is 0 Å². The van der Waals surface area contributed by atoms with Crippen LogP contribution in [0.5, 0.6) is 0 Å². The number of amides is 2. The maximum atomic E-state index is 13.9. The quantitative estimate of drug-likeness (QED) is 0.435. The van der Waals surface area contributed by atoms with E-state index >= 15 is 0 Å². The molecule has 2 amide bonds. The van der Waals surface area contributed by atoms with Gasteiger partial charge < -0.3 is 20.9 Å². The van der Waals surface area contributed by atoms with Crippen molar-refractivity contribution < 1.29 is 14.0 Å². The predicted molar refractivity (Wildman–Crippen MR) is 117 cm³/mol. The fourth-order valence-electron chi connectivity index (χ4n) is 3.32. The number of hydrogen-bond acceptors (Lipinski definition) is 5. The number of halogens is 1. The Kier molecular flexibility index (Phi) is 5.08. The number of nitrogens with one attached hydrogen (secondary N) is 2. The van der Waals surface area contributed by atoms with E-state index < -0.39 is 11.8 Å². The van der Waals surface area contributed by atoms with Gasteiger partial charge in [0.15, 0.2) is 5.78 Å². The van der Waals surface area contributed by atoms with Crippen LogP contribution in [0, 0.1) is 12.7 Å². The van der Waals surface area contributed by atoms with Gasteiger partial charge in [-0.2, -0.15) is 0 Å². The lowest BCUT2D eigenvalue weighted by molar-refractivity contribution is 0.104. The van der Waals surface area contributed by atoms with E-state index in [1.807, 2.05) is 0 Å². The van der Waals surface area contributed by atoms with Gasteiger partial charge in [-0.05, 0) is 36.8 Å². The molecule has 0 spiro atoms. The van der Waals surface area contributed by atoms with Gasteiger partial charge in [-0.15, -0.1) is 0 Å². The van der Waals surface area contributed by atoms with Crippen molar-refractivity contribution in [2.24, 2.45) is 7.05 Å². The van der Waals surface area contributed by atoms with Crippen LogP contribution in [-0.2, 0) is 7.05 Å². The molecule has 0 radical (unpaired) electrons. The highest BCUT2D eigenvalue weighted by molar-refractivity contribution is 6.18. The first kappa shape index (κ1) is 20.0. The third-order valence-corrected chi connectivity index (χ3v) is 4.78. The molecular formula is C22H19FN6O2. The van der Waals surface area contributed by atoms with Crippen LogP contribution in [0.2, 0.25) is 0 Å². The summed E-state index contributed by atoms with van der Waals surface area (Å²) in [4.78, 5) is 33.6. The van der Waals surface area contributed by atoms with Gasteiger partial charge in [0.25, 0.3) is 0 Å². The fraction of sp³-hybridized carbons (Fsp3) is 0.0909. The van der Waals surface area contributed by atoms with Crippen molar-refractivity contribution in [1.29, 1.82) is 0 Å². The van der Waals surface area contributed by atoms with Crippen LogP contribution in [0.1, 0.15) is 21.5 Å². The number of benzene rings is 2. The lowest BCUT2D eigenvalue weighted by Gasteiger charge is -2.10. The molecule has 4 aromatic rings. The summed E-state index contributed by atoms with van der Waals surface area (Å²) in [6.07, 6.45) is 2.98. The van der Waals surface area contributed by atoms with Crippen molar-refractivity contribution in [3.05, 3.63) is 77.5 Å². The maximum absolute atomic E-state index is 13.9. The Bertz CT molecular complexity index is 1330. The number of carbonyl (C=O) groups is 2. The lowest BCUT2D eigenvalue weighted by Crippen LogP contribution is -2.20. The molecular weight excluding hydrogens is 399 g/mol. The number of nitrogens with zero attached hydrogens (tertiary/aromatic N) is 3. The molecule has 2 aromatic heterocycles. The molecule has 0 fully saturated rings.